The number of hydrogen-bond donors (Lipinski definition) is 1. The summed E-state index contributed by atoms with van der Waals surface area (Å²) in [5.41, 5.74) is 1.97. The van der Waals surface area contributed by atoms with Gasteiger partial charge in [-0.25, -0.2) is 9.37 Å². The molecule has 4 nitrogen and oxygen atoms in total. The molecule has 0 unspecified atom stereocenters. The van der Waals surface area contributed by atoms with Gasteiger partial charge in [0, 0.05) is 11.1 Å². The molecule has 0 atom stereocenters. The maximum absolute atomic E-state index is 13.8. The van der Waals surface area contributed by atoms with E-state index in [1.165, 1.54) is 6.07 Å². The molecule has 1 heterocycles. The molecule has 4 aromatic rings. The van der Waals surface area contributed by atoms with Crippen LogP contribution in [0.5, 0.6) is 5.75 Å². The van der Waals surface area contributed by atoms with Crippen LogP contribution in [0.1, 0.15) is 5.56 Å². The standard InChI is InChI=1S/C21H15FN2O2/c22-17-10-4-6-12-19(17)26-13-14-7-1-2-8-15(14)20-23-18-11-5-3-9-16(18)21(25)24-20/h1-12H,13H2,(H,23,24,25). The second kappa shape index (κ2) is 6.80. The van der Waals surface area contributed by atoms with E-state index in [9.17, 15) is 9.18 Å². The molecule has 0 spiro atoms. The van der Waals surface area contributed by atoms with Crippen molar-refractivity contribution in [2.75, 3.05) is 0 Å². The summed E-state index contributed by atoms with van der Waals surface area (Å²) in [6, 6.07) is 20.9. The lowest BCUT2D eigenvalue weighted by Crippen LogP contribution is -2.10. The number of aromatic amines is 1. The van der Waals surface area contributed by atoms with Gasteiger partial charge in [-0.05, 0) is 24.3 Å². The van der Waals surface area contributed by atoms with Crippen LogP contribution in [0, 0.1) is 5.82 Å². The van der Waals surface area contributed by atoms with Crippen molar-refractivity contribution in [2.24, 2.45) is 0 Å². The minimum atomic E-state index is -0.415. The summed E-state index contributed by atoms with van der Waals surface area (Å²) in [6.45, 7) is 0.160. The van der Waals surface area contributed by atoms with Crippen LogP contribution in [-0.2, 0) is 6.61 Å². The average molecular weight is 346 g/mol. The van der Waals surface area contributed by atoms with Crippen LogP contribution in [0.25, 0.3) is 22.3 Å². The zero-order chi connectivity index (χ0) is 17.9. The first kappa shape index (κ1) is 16.0. The van der Waals surface area contributed by atoms with Crippen LogP contribution in [0.2, 0.25) is 0 Å². The molecule has 0 fully saturated rings. The third-order valence-electron chi connectivity index (χ3n) is 4.11. The number of nitrogens with one attached hydrogen (secondary N) is 1. The predicted octanol–water partition coefficient (Wildman–Crippen LogP) is 4.31. The van der Waals surface area contributed by atoms with Crippen molar-refractivity contribution in [2.45, 2.75) is 6.61 Å². The van der Waals surface area contributed by atoms with Crippen LogP contribution in [0.4, 0.5) is 4.39 Å². The molecule has 1 aromatic heterocycles. The molecular formula is C21H15FN2O2. The van der Waals surface area contributed by atoms with Gasteiger partial charge in [0.15, 0.2) is 11.6 Å². The molecule has 4 rings (SSSR count). The van der Waals surface area contributed by atoms with Crippen molar-refractivity contribution in [3.63, 3.8) is 0 Å². The minimum Gasteiger partial charge on any atom is -0.486 e. The van der Waals surface area contributed by atoms with Gasteiger partial charge in [-0.3, -0.25) is 4.79 Å². The molecule has 0 amide bonds. The summed E-state index contributed by atoms with van der Waals surface area (Å²) in [5, 5.41) is 0.538. The van der Waals surface area contributed by atoms with Gasteiger partial charge >= 0.3 is 0 Å². The van der Waals surface area contributed by atoms with E-state index >= 15 is 0 Å². The highest BCUT2D eigenvalue weighted by Gasteiger charge is 2.11. The Bertz CT molecular complexity index is 1140. The van der Waals surface area contributed by atoms with Gasteiger partial charge in [-0.2, -0.15) is 0 Å². The molecule has 5 heteroatoms. The molecule has 0 radical (unpaired) electrons. The van der Waals surface area contributed by atoms with Gasteiger partial charge in [0.2, 0.25) is 0 Å². The topological polar surface area (TPSA) is 55.0 Å². The van der Waals surface area contributed by atoms with Crippen LogP contribution in [-0.4, -0.2) is 9.97 Å². The maximum Gasteiger partial charge on any atom is 0.259 e. The molecule has 1 N–H and O–H groups in total. The molecule has 3 aromatic carbocycles. The molecule has 0 saturated heterocycles. The molecule has 0 aliphatic heterocycles. The monoisotopic (exact) mass is 346 g/mol. The van der Waals surface area contributed by atoms with Crippen molar-refractivity contribution in [3.05, 3.63) is 94.5 Å². The lowest BCUT2D eigenvalue weighted by Gasteiger charge is -2.11. The smallest absolute Gasteiger partial charge is 0.259 e. The number of H-pyrrole nitrogens is 1. The highest BCUT2D eigenvalue weighted by Crippen LogP contribution is 2.23. The van der Waals surface area contributed by atoms with Gasteiger partial charge in [-0.15, -0.1) is 0 Å². The fourth-order valence-electron chi connectivity index (χ4n) is 2.81. The number of ether oxygens (including phenoxy) is 1. The van der Waals surface area contributed by atoms with Gasteiger partial charge < -0.3 is 9.72 Å². The first-order valence-electron chi connectivity index (χ1n) is 8.17. The first-order valence-corrected chi connectivity index (χ1v) is 8.17. The van der Waals surface area contributed by atoms with E-state index in [2.05, 4.69) is 9.97 Å². The second-order valence-corrected chi connectivity index (χ2v) is 5.81. The largest absolute Gasteiger partial charge is 0.486 e. The predicted molar refractivity (Wildman–Crippen MR) is 98.5 cm³/mol. The molecular weight excluding hydrogens is 331 g/mol. The Hall–Kier alpha value is -3.47. The zero-order valence-corrected chi connectivity index (χ0v) is 13.8. The highest BCUT2D eigenvalue weighted by molar-refractivity contribution is 5.79. The van der Waals surface area contributed by atoms with Crippen molar-refractivity contribution >= 4 is 10.9 Å². The van der Waals surface area contributed by atoms with E-state index in [0.29, 0.717) is 16.7 Å². The van der Waals surface area contributed by atoms with E-state index in [-0.39, 0.29) is 17.9 Å². The Morgan fingerprint density at radius 1 is 0.923 bits per heavy atom. The number of halogens is 1. The van der Waals surface area contributed by atoms with E-state index in [1.54, 1.807) is 36.4 Å². The van der Waals surface area contributed by atoms with E-state index in [4.69, 9.17) is 4.74 Å². The Morgan fingerprint density at radius 3 is 2.54 bits per heavy atom. The number of nitrogens with zero attached hydrogens (tertiary/aromatic N) is 1. The lowest BCUT2D eigenvalue weighted by molar-refractivity contribution is 0.290. The lowest BCUT2D eigenvalue weighted by atomic mass is 10.1. The maximum atomic E-state index is 13.8. The van der Waals surface area contributed by atoms with Crippen molar-refractivity contribution in [3.8, 4) is 17.1 Å². The fraction of sp³-hybridized carbons (Fsp3) is 0.0476. The summed E-state index contributed by atoms with van der Waals surface area (Å²) >= 11 is 0. The van der Waals surface area contributed by atoms with E-state index in [0.717, 1.165) is 11.1 Å². The molecule has 0 aliphatic carbocycles. The average Bonchev–Trinajstić information content (AvgIpc) is 2.67. The van der Waals surface area contributed by atoms with Crippen LogP contribution in [0.15, 0.2) is 77.6 Å². The normalized spacial score (nSPS) is 10.8. The van der Waals surface area contributed by atoms with Crippen molar-refractivity contribution in [1.29, 1.82) is 0 Å². The highest BCUT2D eigenvalue weighted by atomic mass is 19.1. The van der Waals surface area contributed by atoms with E-state index < -0.39 is 5.82 Å². The third kappa shape index (κ3) is 3.07. The van der Waals surface area contributed by atoms with Crippen molar-refractivity contribution < 1.29 is 9.13 Å². The number of aromatic nitrogens is 2. The second-order valence-electron chi connectivity index (χ2n) is 5.81. The summed E-state index contributed by atoms with van der Waals surface area (Å²) < 4.78 is 19.4. The number of fused-ring (bicyclic) bond motifs is 1. The van der Waals surface area contributed by atoms with Crippen molar-refractivity contribution in [1.82, 2.24) is 9.97 Å². The molecule has 0 bridgehead atoms. The number of benzene rings is 3. The summed E-state index contributed by atoms with van der Waals surface area (Å²) in [6.07, 6.45) is 0. The fourth-order valence-corrected chi connectivity index (χ4v) is 2.81. The van der Waals surface area contributed by atoms with Crippen LogP contribution < -0.4 is 10.3 Å². The Morgan fingerprint density at radius 2 is 1.65 bits per heavy atom. The Kier molecular flexibility index (Phi) is 4.19. The third-order valence-corrected chi connectivity index (χ3v) is 4.11. The number of hydrogen-bond acceptors (Lipinski definition) is 3. The zero-order valence-electron chi connectivity index (χ0n) is 13.8. The van der Waals surface area contributed by atoms with Crippen LogP contribution in [0.3, 0.4) is 0 Å². The van der Waals surface area contributed by atoms with Gasteiger partial charge in [-0.1, -0.05) is 48.5 Å². The minimum absolute atomic E-state index is 0.160. The van der Waals surface area contributed by atoms with Gasteiger partial charge in [0.1, 0.15) is 12.4 Å². The quantitative estimate of drug-likeness (QED) is 0.599. The van der Waals surface area contributed by atoms with Crippen LogP contribution >= 0.6 is 0 Å². The van der Waals surface area contributed by atoms with Gasteiger partial charge in [0.05, 0.1) is 10.9 Å². The summed E-state index contributed by atoms with van der Waals surface area (Å²) in [4.78, 5) is 19.7. The molecule has 0 saturated carbocycles. The molecule has 128 valence electrons. The number of para-hydroxylation sites is 2. The summed E-state index contributed by atoms with van der Waals surface area (Å²) in [7, 11) is 0. The first-order chi connectivity index (χ1) is 12.7. The van der Waals surface area contributed by atoms with E-state index in [1.807, 2.05) is 30.3 Å². The molecule has 26 heavy (non-hydrogen) atoms. The Balaban J connectivity index is 1.72. The van der Waals surface area contributed by atoms with Gasteiger partial charge in [0.25, 0.3) is 5.56 Å². The number of rotatable bonds is 4. The summed E-state index contributed by atoms with van der Waals surface area (Å²) in [5.74, 6) is 0.228. The molecule has 0 aliphatic rings. The Labute approximate surface area is 148 Å². The SMILES string of the molecule is O=c1[nH]c(-c2ccccc2COc2ccccc2F)nc2ccccc12.